The van der Waals surface area contributed by atoms with Crippen LogP contribution >= 0.6 is 11.3 Å². The van der Waals surface area contributed by atoms with Crippen molar-refractivity contribution < 1.29 is 21.6 Å². The van der Waals surface area contributed by atoms with Crippen LogP contribution in [0, 0.1) is 0 Å². The molecule has 0 spiro atoms. The minimum atomic E-state index is -4.60. The number of hydrogen-bond donors (Lipinski definition) is 1. The van der Waals surface area contributed by atoms with Crippen molar-refractivity contribution >= 4 is 26.5 Å². The Labute approximate surface area is 116 Å². The second kappa shape index (κ2) is 5.37. The highest BCUT2D eigenvalue weighted by Gasteiger charge is 2.34. The molecule has 1 heterocycles. The molecule has 0 bridgehead atoms. The molecule has 0 fully saturated rings. The Morgan fingerprint density at radius 2 is 1.95 bits per heavy atom. The molecule has 0 amide bonds. The average molecular weight is 323 g/mol. The van der Waals surface area contributed by atoms with Gasteiger partial charge in [0.2, 0.25) is 15.2 Å². The van der Waals surface area contributed by atoms with Gasteiger partial charge in [0.1, 0.15) is 5.51 Å². The number of nitrogens with zero attached hydrogens (tertiary/aromatic N) is 2. The van der Waals surface area contributed by atoms with E-state index in [0.29, 0.717) is 0 Å². The summed E-state index contributed by atoms with van der Waals surface area (Å²) in [6.45, 7) is 0. The summed E-state index contributed by atoms with van der Waals surface area (Å²) in [5.74, 6) is -0.789. The minimum Gasteiger partial charge on any atom is -0.257 e. The molecule has 20 heavy (non-hydrogen) atoms. The predicted molar refractivity (Wildman–Crippen MR) is 67.6 cm³/mol. The average Bonchev–Trinajstić information content (AvgIpc) is 2.79. The summed E-state index contributed by atoms with van der Waals surface area (Å²) >= 11 is 0.935. The molecule has 0 atom stereocenters. The second-order valence-electron chi connectivity index (χ2n) is 3.76. The van der Waals surface area contributed by atoms with Crippen LogP contribution in [0.3, 0.4) is 0 Å². The topological polar surface area (TPSA) is 72.0 Å². The highest BCUT2D eigenvalue weighted by Crippen LogP contribution is 2.32. The molecule has 0 unspecified atom stereocenters. The third-order valence-corrected chi connectivity index (χ3v) is 4.20. The molecule has 1 N–H and O–H groups in total. The van der Waals surface area contributed by atoms with Gasteiger partial charge in [0.05, 0.1) is 11.3 Å². The highest BCUT2D eigenvalue weighted by atomic mass is 32.2. The molecule has 108 valence electrons. The zero-order chi connectivity index (χ0) is 14.8. The number of hydrogen-bond acceptors (Lipinski definition) is 5. The Morgan fingerprint density at radius 1 is 1.25 bits per heavy atom. The van der Waals surface area contributed by atoms with E-state index in [-0.39, 0.29) is 10.7 Å². The molecular weight excluding hydrogens is 315 g/mol. The van der Waals surface area contributed by atoms with E-state index in [1.165, 1.54) is 17.6 Å². The number of benzene rings is 1. The molecule has 0 aliphatic carbocycles. The van der Waals surface area contributed by atoms with E-state index >= 15 is 0 Å². The first-order valence-electron chi connectivity index (χ1n) is 5.20. The van der Waals surface area contributed by atoms with Crippen LogP contribution < -0.4 is 4.72 Å². The summed E-state index contributed by atoms with van der Waals surface area (Å²) in [5.41, 5.74) is 0.0151. The number of sulfonamides is 1. The lowest BCUT2D eigenvalue weighted by Crippen LogP contribution is -2.18. The third kappa shape index (κ3) is 3.67. The maximum absolute atomic E-state index is 12.8. The van der Waals surface area contributed by atoms with Gasteiger partial charge in [-0.25, -0.2) is 8.42 Å². The van der Waals surface area contributed by atoms with Gasteiger partial charge in [0, 0.05) is 0 Å². The van der Waals surface area contributed by atoms with E-state index < -0.39 is 27.5 Å². The Hall–Kier alpha value is -1.68. The quantitative estimate of drug-likeness (QED) is 0.938. The van der Waals surface area contributed by atoms with Crippen molar-refractivity contribution in [1.82, 2.24) is 10.2 Å². The second-order valence-corrected chi connectivity index (χ2v) is 6.32. The van der Waals surface area contributed by atoms with E-state index in [9.17, 15) is 21.6 Å². The number of halogens is 3. The van der Waals surface area contributed by atoms with Crippen LogP contribution in [0.25, 0.3) is 0 Å². The van der Waals surface area contributed by atoms with Gasteiger partial charge in [0.15, 0.2) is 0 Å². The van der Waals surface area contributed by atoms with Crippen molar-refractivity contribution in [1.29, 1.82) is 0 Å². The summed E-state index contributed by atoms with van der Waals surface area (Å²) < 4.78 is 64.0. The first-order chi connectivity index (χ1) is 9.28. The lowest BCUT2D eigenvalue weighted by atomic mass is 10.1. The highest BCUT2D eigenvalue weighted by molar-refractivity contribution is 7.92. The fraction of sp³-hybridized carbons (Fsp3) is 0.200. The van der Waals surface area contributed by atoms with Gasteiger partial charge in [-0.2, -0.15) is 13.2 Å². The predicted octanol–water partition coefficient (Wildman–Crippen LogP) is 2.50. The first kappa shape index (κ1) is 14.7. The van der Waals surface area contributed by atoms with Gasteiger partial charge in [0.25, 0.3) is 0 Å². The van der Waals surface area contributed by atoms with Gasteiger partial charge in [-0.05, 0) is 11.6 Å². The molecule has 0 saturated carbocycles. The molecule has 0 aliphatic rings. The molecule has 0 aliphatic heterocycles. The molecule has 5 nitrogen and oxygen atoms in total. The fourth-order valence-electron chi connectivity index (χ4n) is 1.51. The standard InChI is InChI=1S/C10H8F3N3O2S2/c11-10(12,13)8-4-2-1-3-7(8)5-20(17,18)16-9-15-14-6-19-9/h1-4,6H,5H2,(H,15,16). The SMILES string of the molecule is O=S(=O)(Cc1ccccc1C(F)(F)F)Nc1nncs1. The van der Waals surface area contributed by atoms with Gasteiger partial charge in [-0.15, -0.1) is 10.2 Å². The van der Waals surface area contributed by atoms with Crippen LogP contribution in [0.5, 0.6) is 0 Å². The maximum atomic E-state index is 12.8. The van der Waals surface area contributed by atoms with E-state index in [2.05, 4.69) is 14.9 Å². The van der Waals surface area contributed by atoms with Crippen molar-refractivity contribution in [3.63, 3.8) is 0 Å². The van der Waals surface area contributed by atoms with Crippen molar-refractivity contribution in [3.8, 4) is 0 Å². The van der Waals surface area contributed by atoms with E-state index in [0.717, 1.165) is 23.5 Å². The summed E-state index contributed by atoms with van der Waals surface area (Å²) in [6, 6.07) is 4.53. The van der Waals surface area contributed by atoms with Crippen molar-refractivity contribution in [2.24, 2.45) is 0 Å². The fourth-order valence-corrected chi connectivity index (χ4v) is 3.42. The Bertz CT molecular complexity index is 684. The Morgan fingerprint density at radius 3 is 2.55 bits per heavy atom. The maximum Gasteiger partial charge on any atom is 0.416 e. The van der Waals surface area contributed by atoms with Crippen LogP contribution in [-0.2, 0) is 22.0 Å². The summed E-state index contributed by atoms with van der Waals surface area (Å²) in [6.07, 6.45) is -4.60. The summed E-state index contributed by atoms with van der Waals surface area (Å²) in [7, 11) is -3.98. The van der Waals surface area contributed by atoms with E-state index in [1.807, 2.05) is 0 Å². The molecule has 0 radical (unpaired) electrons. The normalized spacial score (nSPS) is 12.3. The van der Waals surface area contributed by atoms with Crippen molar-refractivity contribution in [2.45, 2.75) is 11.9 Å². The van der Waals surface area contributed by atoms with Crippen LogP contribution in [0.1, 0.15) is 11.1 Å². The van der Waals surface area contributed by atoms with Gasteiger partial charge < -0.3 is 0 Å². The molecule has 1 aromatic heterocycles. The smallest absolute Gasteiger partial charge is 0.257 e. The third-order valence-electron chi connectivity index (χ3n) is 2.27. The van der Waals surface area contributed by atoms with Crippen LogP contribution in [0.4, 0.5) is 18.3 Å². The Balaban J connectivity index is 2.26. The van der Waals surface area contributed by atoms with Gasteiger partial charge in [-0.1, -0.05) is 29.5 Å². The number of nitrogens with one attached hydrogen (secondary N) is 1. The van der Waals surface area contributed by atoms with Crippen molar-refractivity contribution in [3.05, 3.63) is 40.9 Å². The van der Waals surface area contributed by atoms with E-state index in [4.69, 9.17) is 0 Å². The number of aromatic nitrogens is 2. The van der Waals surface area contributed by atoms with Gasteiger partial charge >= 0.3 is 6.18 Å². The summed E-state index contributed by atoms with van der Waals surface area (Å²) in [4.78, 5) is 0. The summed E-state index contributed by atoms with van der Waals surface area (Å²) in [5, 5.41) is 6.91. The van der Waals surface area contributed by atoms with Crippen LogP contribution in [-0.4, -0.2) is 18.6 Å². The zero-order valence-corrected chi connectivity index (χ0v) is 11.4. The lowest BCUT2D eigenvalue weighted by Gasteiger charge is -2.12. The zero-order valence-electron chi connectivity index (χ0n) is 9.76. The molecular formula is C10H8F3N3O2S2. The molecule has 1 aromatic carbocycles. The number of alkyl halides is 3. The monoisotopic (exact) mass is 323 g/mol. The van der Waals surface area contributed by atoms with E-state index in [1.54, 1.807) is 0 Å². The molecule has 2 aromatic rings. The number of anilines is 1. The van der Waals surface area contributed by atoms with Crippen molar-refractivity contribution in [2.75, 3.05) is 4.72 Å². The largest absolute Gasteiger partial charge is 0.416 e. The molecule has 0 saturated heterocycles. The van der Waals surface area contributed by atoms with Gasteiger partial charge in [-0.3, -0.25) is 4.72 Å². The first-order valence-corrected chi connectivity index (χ1v) is 7.73. The van der Waals surface area contributed by atoms with Crippen LogP contribution in [0.2, 0.25) is 0 Å². The lowest BCUT2D eigenvalue weighted by molar-refractivity contribution is -0.138. The Kier molecular flexibility index (Phi) is 3.95. The van der Waals surface area contributed by atoms with Crippen LogP contribution in [0.15, 0.2) is 29.8 Å². The molecule has 2 rings (SSSR count). The minimum absolute atomic E-state index is 0.00879. The molecule has 10 heteroatoms. The number of rotatable bonds is 4.